The maximum absolute atomic E-state index is 5.84. The van der Waals surface area contributed by atoms with Gasteiger partial charge in [0.25, 0.3) is 0 Å². The predicted octanol–water partition coefficient (Wildman–Crippen LogP) is 2.08. The molecule has 0 spiro atoms. The minimum absolute atomic E-state index is 0.211. The summed E-state index contributed by atoms with van der Waals surface area (Å²) in [6.45, 7) is 3.35. The van der Waals surface area contributed by atoms with Gasteiger partial charge in [-0.2, -0.15) is 0 Å². The zero-order valence-corrected chi connectivity index (χ0v) is 11.5. The molecule has 0 bridgehead atoms. The number of hydrogen-bond donors (Lipinski definition) is 0. The Kier molecular flexibility index (Phi) is 3.48. The Labute approximate surface area is 119 Å². The molecule has 3 aliphatic heterocycles. The van der Waals surface area contributed by atoms with Crippen molar-refractivity contribution in [2.45, 2.75) is 31.3 Å². The highest BCUT2D eigenvalue weighted by Gasteiger charge is 2.31. The van der Waals surface area contributed by atoms with Crippen LogP contribution in [0.3, 0.4) is 0 Å². The van der Waals surface area contributed by atoms with Gasteiger partial charge in [-0.1, -0.05) is 24.3 Å². The summed E-state index contributed by atoms with van der Waals surface area (Å²) in [7, 11) is 0. The van der Waals surface area contributed by atoms with Crippen LogP contribution in [-0.4, -0.2) is 38.6 Å². The molecule has 0 aliphatic carbocycles. The van der Waals surface area contributed by atoms with E-state index in [9.17, 15) is 0 Å². The minimum atomic E-state index is -0.211. The lowest BCUT2D eigenvalue weighted by molar-refractivity contribution is -0.206. The summed E-state index contributed by atoms with van der Waals surface area (Å²) in [5.74, 6) is 0.477. The molecule has 3 aliphatic rings. The Morgan fingerprint density at radius 3 is 2.05 bits per heavy atom. The molecule has 4 rings (SSSR count). The van der Waals surface area contributed by atoms with Crippen LogP contribution in [0, 0.1) is 5.92 Å². The van der Waals surface area contributed by atoms with E-state index >= 15 is 0 Å². The smallest absolute Gasteiger partial charge is 0.183 e. The van der Waals surface area contributed by atoms with E-state index in [0.717, 1.165) is 44.8 Å². The summed E-state index contributed by atoms with van der Waals surface area (Å²) in [5.41, 5.74) is 2.42. The zero-order valence-electron chi connectivity index (χ0n) is 11.5. The fourth-order valence-corrected chi connectivity index (χ4v) is 2.71. The molecule has 0 radical (unpaired) electrons. The summed E-state index contributed by atoms with van der Waals surface area (Å²) < 4.78 is 22.2. The van der Waals surface area contributed by atoms with E-state index in [1.807, 2.05) is 0 Å². The number of epoxide rings is 2. The zero-order chi connectivity index (χ0) is 13.4. The highest BCUT2D eigenvalue weighted by molar-refractivity contribution is 5.24. The van der Waals surface area contributed by atoms with Crippen LogP contribution in [0.15, 0.2) is 24.3 Å². The first kappa shape index (κ1) is 12.8. The molecule has 2 atom stereocenters. The van der Waals surface area contributed by atoms with Gasteiger partial charge in [-0.3, -0.25) is 0 Å². The lowest BCUT2D eigenvalue weighted by atomic mass is 10.0. The predicted molar refractivity (Wildman–Crippen MR) is 72.4 cm³/mol. The van der Waals surface area contributed by atoms with Crippen molar-refractivity contribution in [3.63, 3.8) is 0 Å². The second-order valence-corrected chi connectivity index (χ2v) is 5.96. The van der Waals surface area contributed by atoms with Gasteiger partial charge in [-0.15, -0.1) is 0 Å². The topological polar surface area (TPSA) is 43.5 Å². The monoisotopic (exact) mass is 276 g/mol. The minimum Gasteiger partial charge on any atom is -0.373 e. The van der Waals surface area contributed by atoms with E-state index in [1.54, 1.807) is 0 Å². The fourth-order valence-electron chi connectivity index (χ4n) is 2.71. The van der Waals surface area contributed by atoms with E-state index < -0.39 is 0 Å². The summed E-state index contributed by atoms with van der Waals surface area (Å²) in [6.07, 6.45) is 2.75. The van der Waals surface area contributed by atoms with E-state index in [0.29, 0.717) is 18.1 Å². The van der Waals surface area contributed by atoms with Crippen LogP contribution in [0.2, 0.25) is 0 Å². The lowest BCUT2D eigenvalue weighted by Gasteiger charge is -2.29. The van der Waals surface area contributed by atoms with Crippen LogP contribution >= 0.6 is 0 Å². The Morgan fingerprint density at radius 1 is 0.800 bits per heavy atom. The van der Waals surface area contributed by atoms with Crippen LogP contribution in [0.4, 0.5) is 0 Å². The van der Waals surface area contributed by atoms with E-state index in [2.05, 4.69) is 24.3 Å². The Balaban J connectivity index is 1.30. The van der Waals surface area contributed by atoms with Gasteiger partial charge in [0.1, 0.15) is 0 Å². The molecule has 1 aromatic rings. The average molecular weight is 276 g/mol. The third kappa shape index (κ3) is 3.20. The molecule has 0 aromatic heterocycles. The number of hydrogen-bond acceptors (Lipinski definition) is 4. The second kappa shape index (κ2) is 5.45. The van der Waals surface area contributed by atoms with Crippen molar-refractivity contribution >= 4 is 0 Å². The highest BCUT2D eigenvalue weighted by Crippen LogP contribution is 2.29. The van der Waals surface area contributed by atoms with Crippen molar-refractivity contribution in [3.8, 4) is 0 Å². The van der Waals surface area contributed by atoms with Gasteiger partial charge in [-0.05, 0) is 12.0 Å². The molecular formula is C16H20O4. The van der Waals surface area contributed by atoms with Crippen molar-refractivity contribution < 1.29 is 18.9 Å². The van der Waals surface area contributed by atoms with Crippen molar-refractivity contribution in [3.05, 3.63) is 35.4 Å². The summed E-state index contributed by atoms with van der Waals surface area (Å²) in [6, 6.07) is 8.50. The third-order valence-corrected chi connectivity index (χ3v) is 4.08. The molecule has 108 valence electrons. The van der Waals surface area contributed by atoms with Crippen molar-refractivity contribution in [2.75, 3.05) is 26.4 Å². The molecule has 4 heteroatoms. The molecule has 3 heterocycles. The van der Waals surface area contributed by atoms with Crippen molar-refractivity contribution in [1.82, 2.24) is 0 Å². The van der Waals surface area contributed by atoms with Crippen molar-refractivity contribution in [1.29, 1.82) is 0 Å². The first-order valence-corrected chi connectivity index (χ1v) is 7.42. The maximum Gasteiger partial charge on any atom is 0.183 e. The highest BCUT2D eigenvalue weighted by atomic mass is 16.7. The third-order valence-electron chi connectivity index (χ3n) is 4.08. The number of benzene rings is 1. The molecule has 3 fully saturated rings. The van der Waals surface area contributed by atoms with E-state index in [-0.39, 0.29) is 6.29 Å². The van der Waals surface area contributed by atoms with Crippen LogP contribution in [-0.2, 0) is 25.4 Å². The molecule has 0 amide bonds. The fraction of sp³-hybridized carbons (Fsp3) is 0.625. The van der Waals surface area contributed by atoms with Crippen LogP contribution in [0.1, 0.15) is 23.8 Å². The first-order valence-electron chi connectivity index (χ1n) is 7.42. The van der Waals surface area contributed by atoms with Gasteiger partial charge in [-0.25, -0.2) is 0 Å². The van der Waals surface area contributed by atoms with E-state index in [4.69, 9.17) is 18.9 Å². The number of ether oxygens (including phenoxy) is 4. The molecule has 20 heavy (non-hydrogen) atoms. The second-order valence-electron chi connectivity index (χ2n) is 5.96. The Morgan fingerprint density at radius 2 is 1.45 bits per heavy atom. The molecule has 3 saturated heterocycles. The summed E-state index contributed by atoms with van der Waals surface area (Å²) in [4.78, 5) is 0. The lowest BCUT2D eigenvalue weighted by Crippen LogP contribution is -2.28. The largest absolute Gasteiger partial charge is 0.373 e. The SMILES string of the molecule is c1cc(C2OCC(CC3CO3)CO2)ccc1CC1CO1. The van der Waals surface area contributed by atoms with Crippen LogP contribution < -0.4 is 0 Å². The Bertz CT molecular complexity index is 442. The normalized spacial score (nSPS) is 35.8. The van der Waals surface area contributed by atoms with Crippen molar-refractivity contribution in [2.24, 2.45) is 5.92 Å². The molecule has 0 saturated carbocycles. The quantitative estimate of drug-likeness (QED) is 0.772. The summed E-state index contributed by atoms with van der Waals surface area (Å²) in [5, 5.41) is 0. The first-order chi connectivity index (χ1) is 9.87. The van der Waals surface area contributed by atoms with Crippen LogP contribution in [0.5, 0.6) is 0 Å². The maximum atomic E-state index is 5.84. The van der Waals surface area contributed by atoms with Crippen LogP contribution in [0.25, 0.3) is 0 Å². The van der Waals surface area contributed by atoms with E-state index in [1.165, 1.54) is 5.56 Å². The molecule has 1 aromatic carbocycles. The molecule has 4 nitrogen and oxygen atoms in total. The standard InChI is InChI=1S/C16H20O4/c1-3-13(4-2-11(1)5-14-9-17-14)16-19-7-12(8-20-16)6-15-10-18-15/h1-4,12,14-16H,5-10H2. The number of rotatable bonds is 5. The van der Waals surface area contributed by atoms with Gasteiger partial charge < -0.3 is 18.9 Å². The van der Waals surface area contributed by atoms with Gasteiger partial charge in [0.05, 0.1) is 38.6 Å². The van der Waals surface area contributed by atoms with Gasteiger partial charge in [0.2, 0.25) is 0 Å². The summed E-state index contributed by atoms with van der Waals surface area (Å²) >= 11 is 0. The van der Waals surface area contributed by atoms with Gasteiger partial charge >= 0.3 is 0 Å². The average Bonchev–Trinajstić information content (AvgIpc) is 3.37. The molecule has 0 N–H and O–H groups in total. The molecule has 2 unspecified atom stereocenters. The van der Waals surface area contributed by atoms with Gasteiger partial charge in [0, 0.05) is 17.9 Å². The molecular weight excluding hydrogens is 256 g/mol. The van der Waals surface area contributed by atoms with Gasteiger partial charge in [0.15, 0.2) is 6.29 Å². The Hall–Kier alpha value is -0.940.